The van der Waals surface area contributed by atoms with E-state index in [0.29, 0.717) is 28.7 Å². The summed E-state index contributed by atoms with van der Waals surface area (Å²) in [5.41, 5.74) is 3.24. The minimum atomic E-state index is -3.83. The molecule has 1 heterocycles. The van der Waals surface area contributed by atoms with Crippen LogP contribution in [0.2, 0.25) is 0 Å². The van der Waals surface area contributed by atoms with Crippen LogP contribution in [-0.2, 0) is 10.0 Å². The fourth-order valence-electron chi connectivity index (χ4n) is 5.28. The van der Waals surface area contributed by atoms with Gasteiger partial charge in [0.05, 0.1) is 45.1 Å². The van der Waals surface area contributed by atoms with Crippen LogP contribution in [0, 0.1) is 5.92 Å². The van der Waals surface area contributed by atoms with Crippen molar-refractivity contribution in [1.29, 1.82) is 0 Å². The van der Waals surface area contributed by atoms with Gasteiger partial charge in [-0.15, -0.1) is 0 Å². The molecule has 1 aliphatic carbocycles. The maximum atomic E-state index is 13.3. The lowest BCUT2D eigenvalue weighted by molar-refractivity contribution is 0.322. The van der Waals surface area contributed by atoms with E-state index in [1.165, 1.54) is 7.11 Å². The van der Waals surface area contributed by atoms with Gasteiger partial charge in [-0.3, -0.25) is 4.72 Å². The maximum absolute atomic E-state index is 13.3. The van der Waals surface area contributed by atoms with Crippen molar-refractivity contribution in [3.8, 4) is 23.0 Å². The molecule has 1 aliphatic heterocycles. The summed E-state index contributed by atoms with van der Waals surface area (Å²) < 4.78 is 51.2. The molecule has 0 unspecified atom stereocenters. The lowest BCUT2D eigenvalue weighted by atomic mass is 9.77. The van der Waals surface area contributed by atoms with Crippen molar-refractivity contribution >= 4 is 21.4 Å². The van der Waals surface area contributed by atoms with Gasteiger partial charge in [0.25, 0.3) is 10.0 Å². The van der Waals surface area contributed by atoms with Gasteiger partial charge in [0.15, 0.2) is 11.5 Å². The van der Waals surface area contributed by atoms with Crippen molar-refractivity contribution in [1.82, 2.24) is 0 Å². The van der Waals surface area contributed by atoms with Crippen LogP contribution >= 0.6 is 0 Å². The van der Waals surface area contributed by atoms with Gasteiger partial charge in [-0.1, -0.05) is 24.3 Å². The zero-order chi connectivity index (χ0) is 26.2. The van der Waals surface area contributed by atoms with Gasteiger partial charge in [-0.25, -0.2) is 8.42 Å². The molecule has 8 nitrogen and oxygen atoms in total. The first-order valence-corrected chi connectivity index (χ1v) is 13.4. The number of anilines is 2. The molecule has 0 saturated carbocycles. The molecule has 5 rings (SSSR count). The van der Waals surface area contributed by atoms with Crippen LogP contribution < -0.4 is 29.0 Å². The Morgan fingerprint density at radius 2 is 1.57 bits per heavy atom. The van der Waals surface area contributed by atoms with E-state index < -0.39 is 10.0 Å². The number of methoxy groups -OCH3 is 4. The minimum absolute atomic E-state index is 0.0321. The van der Waals surface area contributed by atoms with E-state index in [-0.39, 0.29) is 22.8 Å². The summed E-state index contributed by atoms with van der Waals surface area (Å²) in [4.78, 5) is 0.198. The number of para-hydroxylation sites is 2. The van der Waals surface area contributed by atoms with E-state index in [9.17, 15) is 8.42 Å². The summed E-state index contributed by atoms with van der Waals surface area (Å²) in [6, 6.07) is 16.1. The van der Waals surface area contributed by atoms with Crippen molar-refractivity contribution in [2.45, 2.75) is 23.3 Å². The molecule has 0 spiro atoms. The minimum Gasteiger partial charge on any atom is -0.495 e. The Labute approximate surface area is 217 Å². The second-order valence-corrected chi connectivity index (χ2v) is 10.7. The van der Waals surface area contributed by atoms with Gasteiger partial charge in [0, 0.05) is 11.6 Å². The van der Waals surface area contributed by atoms with Crippen molar-refractivity contribution in [3.63, 3.8) is 0 Å². The fraction of sp³-hybridized carbons (Fsp3) is 0.286. The van der Waals surface area contributed by atoms with Gasteiger partial charge >= 0.3 is 0 Å². The zero-order valence-corrected chi connectivity index (χ0v) is 22.0. The summed E-state index contributed by atoms with van der Waals surface area (Å²) in [5.74, 6) is 2.44. The molecule has 0 radical (unpaired) electrons. The van der Waals surface area contributed by atoms with E-state index >= 15 is 0 Å². The zero-order valence-electron chi connectivity index (χ0n) is 21.1. The van der Waals surface area contributed by atoms with Crippen LogP contribution in [0.1, 0.15) is 29.5 Å². The van der Waals surface area contributed by atoms with Gasteiger partial charge < -0.3 is 24.3 Å². The third-order valence-electron chi connectivity index (χ3n) is 7.04. The smallest absolute Gasteiger partial charge is 0.262 e. The van der Waals surface area contributed by atoms with Gasteiger partial charge in [-0.05, 0) is 65.9 Å². The van der Waals surface area contributed by atoms with Crippen molar-refractivity contribution < 1.29 is 27.4 Å². The molecular formula is C28H30N2O6S. The second-order valence-electron chi connectivity index (χ2n) is 8.99. The molecule has 0 bridgehead atoms. The number of hydrogen-bond acceptors (Lipinski definition) is 7. The average Bonchev–Trinajstić information content (AvgIpc) is 3.42. The lowest BCUT2D eigenvalue weighted by Gasteiger charge is -2.38. The Morgan fingerprint density at radius 3 is 2.24 bits per heavy atom. The molecule has 0 saturated heterocycles. The molecule has 194 valence electrons. The highest BCUT2D eigenvalue weighted by atomic mass is 32.2. The summed E-state index contributed by atoms with van der Waals surface area (Å²) in [6.07, 6.45) is 5.18. The Hall–Kier alpha value is -3.85. The van der Waals surface area contributed by atoms with Crippen LogP contribution in [0.3, 0.4) is 0 Å². The molecule has 0 aromatic heterocycles. The van der Waals surface area contributed by atoms with E-state index in [4.69, 9.17) is 18.9 Å². The van der Waals surface area contributed by atoms with Crippen LogP contribution in [0.5, 0.6) is 23.0 Å². The topological polar surface area (TPSA) is 95.1 Å². The first-order valence-electron chi connectivity index (χ1n) is 11.9. The highest BCUT2D eigenvalue weighted by Crippen LogP contribution is 2.52. The number of allylic oxidation sites excluding steroid dienone is 2. The number of ether oxygens (including phenoxy) is 4. The molecule has 3 atom stereocenters. The van der Waals surface area contributed by atoms with E-state index in [1.54, 1.807) is 57.7 Å². The predicted molar refractivity (Wildman–Crippen MR) is 143 cm³/mol. The Bertz CT molecular complexity index is 1430. The molecule has 9 heteroatoms. The highest BCUT2D eigenvalue weighted by molar-refractivity contribution is 7.92. The Balaban J connectivity index is 1.51. The lowest BCUT2D eigenvalue weighted by Crippen LogP contribution is -2.29. The number of nitrogens with one attached hydrogen (secondary N) is 2. The summed E-state index contributed by atoms with van der Waals surface area (Å²) in [7, 11) is 2.47. The van der Waals surface area contributed by atoms with E-state index in [0.717, 1.165) is 23.2 Å². The quantitative estimate of drug-likeness (QED) is 0.385. The molecule has 0 amide bonds. The number of hydrogen-bond donors (Lipinski definition) is 2. The first-order chi connectivity index (χ1) is 17.9. The predicted octanol–water partition coefficient (Wildman–Crippen LogP) is 5.35. The largest absolute Gasteiger partial charge is 0.495 e. The van der Waals surface area contributed by atoms with Crippen molar-refractivity contribution in [2.24, 2.45) is 5.92 Å². The van der Waals surface area contributed by atoms with Crippen LogP contribution in [0.4, 0.5) is 11.4 Å². The van der Waals surface area contributed by atoms with Crippen LogP contribution in [0.15, 0.2) is 71.6 Å². The molecule has 0 fully saturated rings. The number of benzene rings is 3. The Kier molecular flexibility index (Phi) is 6.64. The van der Waals surface area contributed by atoms with Gasteiger partial charge in [0.2, 0.25) is 5.75 Å². The second kappa shape index (κ2) is 9.89. The van der Waals surface area contributed by atoms with Crippen molar-refractivity contribution in [2.75, 3.05) is 38.5 Å². The number of sulfonamides is 1. The van der Waals surface area contributed by atoms with Crippen LogP contribution in [-0.4, -0.2) is 36.9 Å². The molecule has 3 aromatic carbocycles. The summed E-state index contributed by atoms with van der Waals surface area (Å²) >= 11 is 0. The number of rotatable bonds is 8. The molecule has 2 aliphatic rings. The molecule has 37 heavy (non-hydrogen) atoms. The van der Waals surface area contributed by atoms with Crippen molar-refractivity contribution in [3.05, 3.63) is 77.9 Å². The molecule has 3 aromatic rings. The standard InChI is InChI=1S/C28H30N2O6S/c1-33-24-11-6-5-10-23(24)30-37(31,32)18-12-13-22-21(16-18)19-8-7-9-20(19)27(29-22)17-14-25(34-2)28(36-4)26(15-17)35-3/h5-8,10-16,19-20,27,29-30H,9H2,1-4H3/t19-,20+,27+/m0/s1. The van der Waals surface area contributed by atoms with Crippen LogP contribution in [0.25, 0.3) is 0 Å². The molecule has 2 N–H and O–H groups in total. The maximum Gasteiger partial charge on any atom is 0.262 e. The normalized spacial score (nSPS) is 19.8. The van der Waals surface area contributed by atoms with Gasteiger partial charge in [0.1, 0.15) is 5.75 Å². The summed E-state index contributed by atoms with van der Waals surface area (Å²) in [5, 5.41) is 3.64. The third-order valence-corrected chi connectivity index (χ3v) is 8.41. The highest BCUT2D eigenvalue weighted by Gasteiger charge is 2.39. The fourth-order valence-corrected chi connectivity index (χ4v) is 6.39. The summed E-state index contributed by atoms with van der Waals surface area (Å²) in [6.45, 7) is 0. The first kappa shape index (κ1) is 24.8. The average molecular weight is 523 g/mol. The van der Waals surface area contributed by atoms with Gasteiger partial charge in [-0.2, -0.15) is 0 Å². The molecular weight excluding hydrogens is 492 g/mol. The Morgan fingerprint density at radius 1 is 0.865 bits per heavy atom. The van der Waals surface area contributed by atoms with E-state index in [2.05, 4.69) is 22.2 Å². The SMILES string of the molecule is COc1ccccc1NS(=O)(=O)c1ccc2c(c1)[C@H]1C=CC[C@H]1[C@@H](c1cc(OC)c(OC)c(OC)c1)N2. The third kappa shape index (κ3) is 4.44. The number of fused-ring (bicyclic) bond motifs is 3. The van der Waals surface area contributed by atoms with E-state index in [1.807, 2.05) is 18.2 Å². The monoisotopic (exact) mass is 522 g/mol.